The van der Waals surface area contributed by atoms with Crippen molar-refractivity contribution in [2.45, 2.75) is 25.4 Å². The molecule has 0 unspecified atom stereocenters. The van der Waals surface area contributed by atoms with E-state index >= 15 is 0 Å². The molecule has 0 aliphatic rings. The molecule has 15 heavy (non-hydrogen) atoms. The summed E-state index contributed by atoms with van der Waals surface area (Å²) < 4.78 is 2.04. The lowest BCUT2D eigenvalue weighted by Crippen LogP contribution is -1.88. The van der Waals surface area contributed by atoms with Crippen LogP contribution in [0.1, 0.15) is 20.3 Å². The van der Waals surface area contributed by atoms with E-state index in [2.05, 4.69) is 37.1 Å². The molecule has 0 N–H and O–H groups in total. The van der Waals surface area contributed by atoms with Gasteiger partial charge < -0.3 is 4.57 Å². The zero-order valence-corrected chi connectivity index (χ0v) is 10.4. The smallest absolute Gasteiger partial charge is 0.167 e. The maximum Gasteiger partial charge on any atom is 0.167 e. The summed E-state index contributed by atoms with van der Waals surface area (Å²) in [4.78, 5) is 4.25. The quantitative estimate of drug-likeness (QED) is 0.561. The second-order valence-corrected chi connectivity index (χ2v) is 4.24. The Labute approximate surface area is 96.1 Å². The molecule has 0 spiro atoms. The van der Waals surface area contributed by atoms with E-state index in [1.165, 1.54) is 5.57 Å². The Kier molecular flexibility index (Phi) is 5.26. The van der Waals surface area contributed by atoms with Crippen molar-refractivity contribution in [3.63, 3.8) is 0 Å². The summed E-state index contributed by atoms with van der Waals surface area (Å²) in [6.07, 6.45) is 11.4. The van der Waals surface area contributed by atoms with E-state index in [0.29, 0.717) is 0 Å². The molecule has 2 nitrogen and oxygen atoms in total. The van der Waals surface area contributed by atoms with Crippen molar-refractivity contribution in [3.05, 3.63) is 36.2 Å². The molecule has 82 valence electrons. The molecule has 0 aliphatic heterocycles. The van der Waals surface area contributed by atoms with Gasteiger partial charge in [0.05, 0.1) is 0 Å². The van der Waals surface area contributed by atoms with Gasteiger partial charge in [0.2, 0.25) is 0 Å². The Balaban J connectivity index is 2.36. The summed E-state index contributed by atoms with van der Waals surface area (Å²) in [5, 5.41) is 1.07. The molecule has 0 saturated carbocycles. The third-order valence-electron chi connectivity index (χ3n) is 2.20. The number of hydrogen-bond acceptors (Lipinski definition) is 2. The van der Waals surface area contributed by atoms with Gasteiger partial charge in [-0.25, -0.2) is 4.98 Å². The van der Waals surface area contributed by atoms with Crippen molar-refractivity contribution < 1.29 is 0 Å². The third-order valence-corrected chi connectivity index (χ3v) is 3.21. The number of aromatic nitrogens is 2. The van der Waals surface area contributed by atoms with Crippen LogP contribution < -0.4 is 0 Å². The molecular formula is C12H18N2S. The molecule has 1 aromatic rings. The van der Waals surface area contributed by atoms with Gasteiger partial charge in [0.15, 0.2) is 5.16 Å². The summed E-state index contributed by atoms with van der Waals surface area (Å²) >= 11 is 1.75. The summed E-state index contributed by atoms with van der Waals surface area (Å²) in [5.74, 6) is 0.974. The molecule has 0 bridgehead atoms. The predicted octanol–water partition coefficient (Wildman–Crippen LogP) is 3.42. The van der Waals surface area contributed by atoms with Crippen molar-refractivity contribution in [3.8, 4) is 0 Å². The SMILES string of the molecule is C/C=C(/C=C/CSc1nccn1C)CC. The Morgan fingerprint density at radius 2 is 2.40 bits per heavy atom. The number of nitrogens with zero attached hydrogens (tertiary/aromatic N) is 2. The van der Waals surface area contributed by atoms with Crippen molar-refractivity contribution in [1.29, 1.82) is 0 Å². The first-order valence-corrected chi connectivity index (χ1v) is 6.18. The fourth-order valence-corrected chi connectivity index (χ4v) is 1.97. The summed E-state index contributed by atoms with van der Waals surface area (Å²) in [5.41, 5.74) is 1.38. The van der Waals surface area contributed by atoms with E-state index in [4.69, 9.17) is 0 Å². The average molecular weight is 222 g/mol. The van der Waals surface area contributed by atoms with Crippen molar-refractivity contribution >= 4 is 11.8 Å². The van der Waals surface area contributed by atoms with Gasteiger partial charge in [-0.15, -0.1) is 0 Å². The highest BCUT2D eigenvalue weighted by Gasteiger charge is 1.96. The molecule has 0 amide bonds. The normalized spacial score (nSPS) is 12.6. The number of hydrogen-bond donors (Lipinski definition) is 0. The van der Waals surface area contributed by atoms with Crippen LogP contribution >= 0.6 is 11.8 Å². The number of rotatable bonds is 5. The Morgan fingerprint density at radius 1 is 1.60 bits per heavy atom. The molecule has 0 aromatic carbocycles. The molecule has 1 aromatic heterocycles. The van der Waals surface area contributed by atoms with Gasteiger partial charge in [-0.1, -0.05) is 42.5 Å². The van der Waals surface area contributed by atoms with E-state index in [0.717, 1.165) is 17.3 Å². The summed E-state index contributed by atoms with van der Waals surface area (Å²) in [6, 6.07) is 0. The van der Waals surface area contributed by atoms with Crippen molar-refractivity contribution in [2.24, 2.45) is 7.05 Å². The molecule has 0 aliphatic carbocycles. The first-order valence-electron chi connectivity index (χ1n) is 5.19. The van der Waals surface area contributed by atoms with E-state index in [-0.39, 0.29) is 0 Å². The first-order chi connectivity index (χ1) is 7.27. The maximum atomic E-state index is 4.25. The van der Waals surface area contributed by atoms with Crippen molar-refractivity contribution in [2.75, 3.05) is 5.75 Å². The zero-order chi connectivity index (χ0) is 11.1. The minimum absolute atomic E-state index is 0.974. The minimum Gasteiger partial charge on any atom is -0.329 e. The number of imidazole rings is 1. The number of allylic oxidation sites excluding steroid dienone is 3. The fourth-order valence-electron chi connectivity index (χ4n) is 1.23. The Hall–Kier alpha value is -0.960. The van der Waals surface area contributed by atoms with E-state index in [1.54, 1.807) is 11.8 Å². The van der Waals surface area contributed by atoms with E-state index in [1.807, 2.05) is 24.0 Å². The van der Waals surface area contributed by atoms with Crippen LogP contribution in [0.25, 0.3) is 0 Å². The Morgan fingerprint density at radius 3 is 2.93 bits per heavy atom. The summed E-state index contributed by atoms with van der Waals surface area (Å²) in [6.45, 7) is 4.25. The topological polar surface area (TPSA) is 17.8 Å². The Bertz CT molecular complexity index is 350. The third kappa shape index (κ3) is 3.96. The lowest BCUT2D eigenvalue weighted by Gasteiger charge is -1.98. The van der Waals surface area contributed by atoms with Crippen LogP contribution in [0, 0.1) is 0 Å². The molecule has 0 saturated heterocycles. The van der Waals surface area contributed by atoms with Gasteiger partial charge in [-0.3, -0.25) is 0 Å². The van der Waals surface area contributed by atoms with Gasteiger partial charge in [-0.2, -0.15) is 0 Å². The second kappa shape index (κ2) is 6.51. The highest BCUT2D eigenvalue weighted by Crippen LogP contribution is 2.14. The van der Waals surface area contributed by atoms with Gasteiger partial charge in [0.1, 0.15) is 0 Å². The largest absolute Gasteiger partial charge is 0.329 e. The highest BCUT2D eigenvalue weighted by molar-refractivity contribution is 7.99. The van der Waals surface area contributed by atoms with Crippen LogP contribution in [0.3, 0.4) is 0 Å². The fraction of sp³-hybridized carbons (Fsp3) is 0.417. The number of aryl methyl sites for hydroxylation is 1. The van der Waals surface area contributed by atoms with Gasteiger partial charge in [0.25, 0.3) is 0 Å². The lowest BCUT2D eigenvalue weighted by atomic mass is 10.2. The van der Waals surface area contributed by atoms with Crippen molar-refractivity contribution in [1.82, 2.24) is 9.55 Å². The molecular weight excluding hydrogens is 204 g/mol. The zero-order valence-electron chi connectivity index (χ0n) is 9.60. The van der Waals surface area contributed by atoms with Crippen LogP contribution in [-0.4, -0.2) is 15.3 Å². The maximum absolute atomic E-state index is 4.25. The molecule has 0 fully saturated rings. The molecule has 1 heterocycles. The van der Waals surface area contributed by atoms with Gasteiger partial charge in [0, 0.05) is 25.2 Å². The number of thioether (sulfide) groups is 1. The van der Waals surface area contributed by atoms with E-state index in [9.17, 15) is 0 Å². The second-order valence-electron chi connectivity index (χ2n) is 3.25. The summed E-state index contributed by atoms with van der Waals surface area (Å²) in [7, 11) is 2.02. The molecule has 1 rings (SSSR count). The monoisotopic (exact) mass is 222 g/mol. The van der Waals surface area contributed by atoms with Crippen LogP contribution in [-0.2, 0) is 7.05 Å². The lowest BCUT2D eigenvalue weighted by molar-refractivity contribution is 0.791. The first kappa shape index (κ1) is 12.1. The standard InChI is InChI=1S/C12H18N2S/c1-4-11(5-2)7-6-10-15-12-13-8-9-14(12)3/h4,6-9H,5,10H2,1-3H3/b7-6+,11-4+. The van der Waals surface area contributed by atoms with Crippen LogP contribution in [0.2, 0.25) is 0 Å². The van der Waals surface area contributed by atoms with Crippen LogP contribution in [0.15, 0.2) is 41.4 Å². The highest BCUT2D eigenvalue weighted by atomic mass is 32.2. The minimum atomic E-state index is 0.974. The molecule has 0 atom stereocenters. The molecule has 0 radical (unpaired) electrons. The predicted molar refractivity (Wildman–Crippen MR) is 67.1 cm³/mol. The average Bonchev–Trinajstić information content (AvgIpc) is 2.65. The van der Waals surface area contributed by atoms with Gasteiger partial charge in [-0.05, 0) is 13.3 Å². The van der Waals surface area contributed by atoms with E-state index < -0.39 is 0 Å². The van der Waals surface area contributed by atoms with Gasteiger partial charge >= 0.3 is 0 Å². The van der Waals surface area contributed by atoms with Crippen LogP contribution in [0.5, 0.6) is 0 Å². The van der Waals surface area contributed by atoms with Crippen LogP contribution in [0.4, 0.5) is 0 Å². The molecule has 3 heteroatoms.